The minimum Gasteiger partial charge on any atom is -0.468 e. The number of ether oxygens (including phenoxy) is 1. The van der Waals surface area contributed by atoms with E-state index in [-0.39, 0.29) is 5.97 Å². The van der Waals surface area contributed by atoms with Crippen molar-refractivity contribution in [2.24, 2.45) is 0 Å². The maximum Gasteiger partial charge on any atom is 0.325 e. The fraction of sp³-hybridized carbons (Fsp3) is 0.909. The van der Waals surface area contributed by atoms with Gasteiger partial charge in [-0.25, -0.2) is 0 Å². The molecule has 0 saturated heterocycles. The maximum atomic E-state index is 11.7. The number of hydrogen-bond donors (Lipinski definition) is 1. The smallest absolute Gasteiger partial charge is 0.325 e. The quantitative estimate of drug-likeness (QED) is 0.536. The van der Waals surface area contributed by atoms with Crippen molar-refractivity contribution in [2.45, 2.75) is 44.2 Å². The van der Waals surface area contributed by atoms with Gasteiger partial charge in [0.2, 0.25) is 0 Å². The van der Waals surface area contributed by atoms with E-state index in [1.54, 1.807) is 0 Å². The lowest BCUT2D eigenvalue weighted by molar-refractivity contribution is -0.148. The van der Waals surface area contributed by atoms with Crippen molar-refractivity contribution in [3.05, 3.63) is 0 Å². The molecular weight excluding hydrogens is 210 g/mol. The van der Waals surface area contributed by atoms with Gasteiger partial charge in [-0.3, -0.25) is 10.1 Å². The van der Waals surface area contributed by atoms with Crippen molar-refractivity contribution in [3.63, 3.8) is 0 Å². The summed E-state index contributed by atoms with van der Waals surface area (Å²) in [4.78, 5) is 11.7. The first kappa shape index (κ1) is 12.8. The third-order valence-electron chi connectivity index (χ3n) is 2.76. The van der Waals surface area contributed by atoms with Gasteiger partial charge in [-0.15, -0.1) is 0 Å². The number of esters is 1. The molecule has 0 aliphatic heterocycles. The van der Waals surface area contributed by atoms with Crippen LogP contribution in [0.3, 0.4) is 0 Å². The topological polar surface area (TPSA) is 38.3 Å². The molecule has 0 aromatic rings. The van der Waals surface area contributed by atoms with Crippen molar-refractivity contribution in [1.29, 1.82) is 0 Å². The van der Waals surface area contributed by atoms with Crippen LogP contribution in [-0.4, -0.2) is 36.7 Å². The second-order valence-corrected chi connectivity index (χ2v) is 5.32. The van der Waals surface area contributed by atoms with Gasteiger partial charge in [0.1, 0.15) is 5.54 Å². The van der Waals surface area contributed by atoms with E-state index >= 15 is 0 Å². The molecule has 1 aliphatic carbocycles. The fourth-order valence-corrected chi connectivity index (χ4v) is 2.14. The number of hydrogen-bond acceptors (Lipinski definition) is 4. The van der Waals surface area contributed by atoms with E-state index in [0.29, 0.717) is 6.04 Å². The van der Waals surface area contributed by atoms with Crippen molar-refractivity contribution in [2.75, 3.05) is 19.1 Å². The van der Waals surface area contributed by atoms with Gasteiger partial charge in [0.05, 0.1) is 7.11 Å². The fourth-order valence-electron chi connectivity index (χ4n) is 1.71. The van der Waals surface area contributed by atoms with Gasteiger partial charge in [0.25, 0.3) is 0 Å². The maximum absolute atomic E-state index is 11.7. The molecule has 1 aliphatic rings. The van der Waals surface area contributed by atoms with E-state index in [1.807, 2.05) is 18.7 Å². The number of nitrogens with one attached hydrogen (secondary N) is 1. The van der Waals surface area contributed by atoms with Crippen molar-refractivity contribution in [1.82, 2.24) is 5.32 Å². The monoisotopic (exact) mass is 231 g/mol. The molecule has 88 valence electrons. The third kappa shape index (κ3) is 4.03. The van der Waals surface area contributed by atoms with Crippen LogP contribution in [0.15, 0.2) is 0 Å². The zero-order chi connectivity index (χ0) is 11.3. The Balaban J connectivity index is 2.45. The molecule has 15 heavy (non-hydrogen) atoms. The molecule has 0 radical (unpaired) electrons. The summed E-state index contributed by atoms with van der Waals surface area (Å²) < 4.78 is 4.87. The van der Waals surface area contributed by atoms with Crippen LogP contribution in [0.1, 0.15) is 32.6 Å². The van der Waals surface area contributed by atoms with E-state index in [4.69, 9.17) is 4.74 Å². The summed E-state index contributed by atoms with van der Waals surface area (Å²) >= 11 is 1.82. The standard InChI is InChI=1S/C11H21NO2S/c1-11(10(13)14-2,7-4-8-15-3)12-9-5-6-9/h9,12H,4-8H2,1-3H3. The van der Waals surface area contributed by atoms with Crippen molar-refractivity contribution >= 4 is 17.7 Å². The molecule has 0 bridgehead atoms. The summed E-state index contributed by atoms with van der Waals surface area (Å²) in [6.07, 6.45) is 6.37. The normalized spacial score (nSPS) is 19.7. The van der Waals surface area contributed by atoms with Crippen LogP contribution in [0, 0.1) is 0 Å². The number of thioether (sulfide) groups is 1. The lowest BCUT2D eigenvalue weighted by Crippen LogP contribution is -2.51. The molecule has 1 N–H and O–H groups in total. The molecule has 0 spiro atoms. The minimum atomic E-state index is -0.481. The Bertz CT molecular complexity index is 219. The van der Waals surface area contributed by atoms with Gasteiger partial charge >= 0.3 is 5.97 Å². The second kappa shape index (κ2) is 5.75. The Morgan fingerprint density at radius 3 is 2.73 bits per heavy atom. The predicted molar refractivity (Wildman–Crippen MR) is 64.2 cm³/mol. The molecule has 0 heterocycles. The molecule has 0 aromatic carbocycles. The van der Waals surface area contributed by atoms with Gasteiger partial charge in [-0.2, -0.15) is 11.8 Å². The average molecular weight is 231 g/mol. The Morgan fingerprint density at radius 1 is 1.60 bits per heavy atom. The van der Waals surface area contributed by atoms with Gasteiger partial charge < -0.3 is 4.74 Å². The molecule has 0 aromatic heterocycles. The SMILES string of the molecule is COC(=O)C(C)(CCCSC)NC1CC1. The van der Waals surface area contributed by atoms with E-state index in [9.17, 15) is 4.79 Å². The van der Waals surface area contributed by atoms with Crippen LogP contribution >= 0.6 is 11.8 Å². The van der Waals surface area contributed by atoms with Crippen LogP contribution in [0.2, 0.25) is 0 Å². The second-order valence-electron chi connectivity index (χ2n) is 4.34. The third-order valence-corrected chi connectivity index (χ3v) is 3.46. The van der Waals surface area contributed by atoms with Crippen molar-refractivity contribution in [3.8, 4) is 0 Å². The first-order chi connectivity index (χ1) is 7.12. The van der Waals surface area contributed by atoms with Gasteiger partial charge in [-0.05, 0) is 44.6 Å². The number of rotatable bonds is 7. The van der Waals surface area contributed by atoms with E-state index in [2.05, 4.69) is 11.6 Å². The van der Waals surface area contributed by atoms with Crippen LogP contribution in [0.5, 0.6) is 0 Å². The summed E-state index contributed by atoms with van der Waals surface area (Å²) in [7, 11) is 1.46. The predicted octanol–water partition coefficient (Wildman–Crippen LogP) is 1.81. The van der Waals surface area contributed by atoms with Crippen LogP contribution < -0.4 is 5.32 Å². The molecule has 1 saturated carbocycles. The Kier molecular flexibility index (Phi) is 4.93. The summed E-state index contributed by atoms with van der Waals surface area (Å²) in [6.45, 7) is 1.96. The van der Waals surface area contributed by atoms with Crippen molar-refractivity contribution < 1.29 is 9.53 Å². The van der Waals surface area contributed by atoms with Crippen LogP contribution in [0.25, 0.3) is 0 Å². The molecule has 1 unspecified atom stereocenters. The van der Waals surface area contributed by atoms with E-state index < -0.39 is 5.54 Å². The van der Waals surface area contributed by atoms with E-state index in [1.165, 1.54) is 20.0 Å². The van der Waals surface area contributed by atoms with Crippen LogP contribution in [0.4, 0.5) is 0 Å². The van der Waals surface area contributed by atoms with Crippen LogP contribution in [-0.2, 0) is 9.53 Å². The lowest BCUT2D eigenvalue weighted by Gasteiger charge is -2.28. The molecule has 1 rings (SSSR count). The minimum absolute atomic E-state index is 0.129. The summed E-state index contributed by atoms with van der Waals surface area (Å²) in [5.74, 6) is 0.967. The summed E-state index contributed by atoms with van der Waals surface area (Å²) in [5.41, 5.74) is -0.481. The van der Waals surface area contributed by atoms with Gasteiger partial charge in [0, 0.05) is 6.04 Å². The first-order valence-corrected chi connectivity index (χ1v) is 6.87. The zero-order valence-electron chi connectivity index (χ0n) is 9.84. The number of carbonyl (C=O) groups excluding carboxylic acids is 1. The molecular formula is C11H21NO2S. The number of carbonyl (C=O) groups is 1. The highest BCUT2D eigenvalue weighted by Gasteiger charge is 2.38. The molecule has 3 nitrogen and oxygen atoms in total. The molecule has 4 heteroatoms. The summed E-state index contributed by atoms with van der Waals surface area (Å²) in [5, 5.41) is 3.39. The molecule has 1 fully saturated rings. The summed E-state index contributed by atoms with van der Waals surface area (Å²) in [6, 6.07) is 0.531. The first-order valence-electron chi connectivity index (χ1n) is 5.47. The lowest BCUT2D eigenvalue weighted by atomic mass is 9.96. The Hall–Kier alpha value is -0.220. The largest absolute Gasteiger partial charge is 0.468 e. The highest BCUT2D eigenvalue weighted by Crippen LogP contribution is 2.25. The van der Waals surface area contributed by atoms with E-state index in [0.717, 1.165) is 18.6 Å². The highest BCUT2D eigenvalue weighted by molar-refractivity contribution is 7.98. The Morgan fingerprint density at radius 2 is 2.27 bits per heavy atom. The van der Waals surface area contributed by atoms with Gasteiger partial charge in [-0.1, -0.05) is 0 Å². The Labute approximate surface area is 96.3 Å². The zero-order valence-corrected chi connectivity index (χ0v) is 10.7. The van der Waals surface area contributed by atoms with Gasteiger partial charge in [0.15, 0.2) is 0 Å². The molecule has 1 atom stereocenters. The molecule has 0 amide bonds. The average Bonchev–Trinajstić information content (AvgIpc) is 3.00. The highest BCUT2D eigenvalue weighted by atomic mass is 32.2. The number of methoxy groups -OCH3 is 1.